The van der Waals surface area contributed by atoms with Gasteiger partial charge in [0, 0.05) is 5.39 Å². The largest absolute Gasteiger partial charge is 0.495 e. The molecule has 0 aliphatic heterocycles. The number of carbonyl (C=O) groups is 1. The predicted molar refractivity (Wildman–Crippen MR) is 122 cm³/mol. The number of hydrogen-bond acceptors (Lipinski definition) is 4. The number of fused-ring (bicyclic) bond motifs is 1. The van der Waals surface area contributed by atoms with Crippen LogP contribution in [0.5, 0.6) is 11.6 Å². The van der Waals surface area contributed by atoms with Crippen molar-refractivity contribution in [3.8, 4) is 11.6 Å². The van der Waals surface area contributed by atoms with Crippen LogP contribution < -0.4 is 15.2 Å². The van der Waals surface area contributed by atoms with Gasteiger partial charge in [-0.25, -0.2) is 13.8 Å². The molecule has 0 spiro atoms. The van der Waals surface area contributed by atoms with Crippen molar-refractivity contribution in [2.24, 2.45) is 5.73 Å². The Morgan fingerprint density at radius 3 is 1.94 bits per heavy atom. The van der Waals surface area contributed by atoms with Crippen LogP contribution in [0, 0.1) is 11.6 Å². The third kappa shape index (κ3) is 4.62. The minimum atomic E-state index is -0.728. The molecule has 7 heteroatoms. The van der Waals surface area contributed by atoms with Gasteiger partial charge in [-0.3, -0.25) is 4.79 Å². The molecule has 0 radical (unpaired) electrons. The fourth-order valence-corrected chi connectivity index (χ4v) is 3.99. The quantitative estimate of drug-likeness (QED) is 0.440. The Bertz CT molecular complexity index is 1360. The molecule has 0 saturated carbocycles. The van der Waals surface area contributed by atoms with Crippen molar-refractivity contribution >= 4 is 16.8 Å². The third-order valence-corrected chi connectivity index (χ3v) is 5.44. The molecule has 33 heavy (non-hydrogen) atoms. The van der Waals surface area contributed by atoms with Crippen molar-refractivity contribution in [3.63, 3.8) is 0 Å². The molecule has 4 rings (SSSR count). The van der Waals surface area contributed by atoms with Crippen molar-refractivity contribution < 1.29 is 23.0 Å². The first-order valence-electron chi connectivity index (χ1n) is 10.3. The highest BCUT2D eigenvalue weighted by Crippen LogP contribution is 2.36. The van der Waals surface area contributed by atoms with E-state index in [-0.39, 0.29) is 28.8 Å². The number of benzene rings is 3. The number of aromatic nitrogens is 1. The Morgan fingerprint density at radius 2 is 1.45 bits per heavy atom. The number of nitrogens with two attached hydrogens (primary N) is 1. The predicted octanol–water partition coefficient (Wildman–Crippen LogP) is 4.81. The molecule has 0 unspecified atom stereocenters. The standard InChI is InChI=1S/C26H22F2N2O3/c1-32-24-21-13-17(9-15-5-3-7-19(27)11-15)18(10-16-6-4-8-20(28)12-16)14-22(21)30-26(33-2)23(24)25(29)31/h3-8,11-14H,9-10H2,1-2H3,(H2,29,31). The maximum absolute atomic E-state index is 13.8. The maximum atomic E-state index is 13.8. The molecule has 3 aromatic carbocycles. The van der Waals surface area contributed by atoms with Gasteiger partial charge in [0.05, 0.1) is 19.7 Å². The smallest absolute Gasteiger partial charge is 0.258 e. The number of carbonyl (C=O) groups excluding carboxylic acids is 1. The van der Waals surface area contributed by atoms with Gasteiger partial charge < -0.3 is 15.2 Å². The molecule has 0 bridgehead atoms. The first-order chi connectivity index (χ1) is 15.9. The minimum Gasteiger partial charge on any atom is -0.495 e. The lowest BCUT2D eigenvalue weighted by atomic mass is 9.92. The molecule has 0 saturated heterocycles. The van der Waals surface area contributed by atoms with E-state index in [1.165, 1.54) is 38.5 Å². The Balaban J connectivity index is 1.94. The highest BCUT2D eigenvalue weighted by molar-refractivity contribution is 6.04. The van der Waals surface area contributed by atoms with Gasteiger partial charge in [-0.15, -0.1) is 0 Å². The van der Waals surface area contributed by atoms with E-state index in [0.717, 1.165) is 22.3 Å². The van der Waals surface area contributed by atoms with Crippen LogP contribution in [-0.4, -0.2) is 25.1 Å². The van der Waals surface area contributed by atoms with Crippen LogP contribution in [0.3, 0.4) is 0 Å². The second-order valence-electron chi connectivity index (χ2n) is 7.65. The summed E-state index contributed by atoms with van der Waals surface area (Å²) in [6.07, 6.45) is 0.849. The molecule has 5 nitrogen and oxygen atoms in total. The van der Waals surface area contributed by atoms with Crippen LogP contribution in [0.15, 0.2) is 60.7 Å². The van der Waals surface area contributed by atoms with Crippen LogP contribution >= 0.6 is 0 Å². The second-order valence-corrected chi connectivity index (χ2v) is 7.65. The zero-order valence-electron chi connectivity index (χ0n) is 18.2. The summed E-state index contributed by atoms with van der Waals surface area (Å²) in [6, 6.07) is 16.4. The minimum absolute atomic E-state index is 0.0436. The summed E-state index contributed by atoms with van der Waals surface area (Å²) in [5.74, 6) is -1.08. The molecular weight excluding hydrogens is 426 g/mol. The van der Waals surface area contributed by atoms with Crippen LogP contribution in [-0.2, 0) is 12.8 Å². The van der Waals surface area contributed by atoms with Gasteiger partial charge in [0.1, 0.15) is 22.9 Å². The van der Waals surface area contributed by atoms with Crippen LogP contribution in [0.2, 0.25) is 0 Å². The average Bonchev–Trinajstić information content (AvgIpc) is 2.78. The molecular formula is C26H22F2N2O3. The Hall–Kier alpha value is -4.00. The van der Waals surface area contributed by atoms with E-state index in [0.29, 0.717) is 23.7 Å². The van der Waals surface area contributed by atoms with Crippen molar-refractivity contribution in [1.82, 2.24) is 4.98 Å². The number of nitrogens with zero attached hydrogens (tertiary/aromatic N) is 1. The number of rotatable bonds is 7. The van der Waals surface area contributed by atoms with E-state index in [1.54, 1.807) is 12.1 Å². The summed E-state index contributed by atoms with van der Waals surface area (Å²) in [7, 11) is 2.83. The number of hydrogen-bond donors (Lipinski definition) is 1. The molecule has 1 amide bonds. The first kappa shape index (κ1) is 22.2. The van der Waals surface area contributed by atoms with E-state index >= 15 is 0 Å². The highest BCUT2D eigenvalue weighted by atomic mass is 19.1. The lowest BCUT2D eigenvalue weighted by Crippen LogP contribution is -2.15. The monoisotopic (exact) mass is 448 g/mol. The summed E-state index contributed by atoms with van der Waals surface area (Å²) >= 11 is 0. The number of halogens is 2. The third-order valence-electron chi connectivity index (χ3n) is 5.44. The van der Waals surface area contributed by atoms with E-state index in [4.69, 9.17) is 15.2 Å². The van der Waals surface area contributed by atoms with Crippen LogP contribution in [0.1, 0.15) is 32.6 Å². The molecule has 2 N–H and O–H groups in total. The molecule has 1 heterocycles. The Kier molecular flexibility index (Phi) is 6.22. The van der Waals surface area contributed by atoms with E-state index in [2.05, 4.69) is 4.98 Å². The van der Waals surface area contributed by atoms with Crippen molar-refractivity contribution in [1.29, 1.82) is 0 Å². The summed E-state index contributed by atoms with van der Waals surface area (Å²) in [5, 5.41) is 0.571. The fraction of sp³-hybridized carbons (Fsp3) is 0.154. The fourth-order valence-electron chi connectivity index (χ4n) is 3.99. The van der Waals surface area contributed by atoms with Crippen molar-refractivity contribution in [2.75, 3.05) is 14.2 Å². The molecule has 0 aliphatic carbocycles. The topological polar surface area (TPSA) is 74.4 Å². The van der Waals surface area contributed by atoms with Gasteiger partial charge in [0.25, 0.3) is 5.91 Å². The lowest BCUT2D eigenvalue weighted by Gasteiger charge is -2.17. The average molecular weight is 448 g/mol. The van der Waals surface area contributed by atoms with Gasteiger partial charge in [-0.1, -0.05) is 24.3 Å². The van der Waals surface area contributed by atoms with Gasteiger partial charge >= 0.3 is 0 Å². The molecule has 1 aromatic heterocycles. The Labute approximate surface area is 189 Å². The number of methoxy groups -OCH3 is 2. The normalized spacial score (nSPS) is 10.9. The lowest BCUT2D eigenvalue weighted by molar-refractivity contribution is 0.0994. The van der Waals surface area contributed by atoms with E-state index in [1.807, 2.05) is 24.3 Å². The molecule has 0 atom stereocenters. The first-order valence-corrected chi connectivity index (χ1v) is 10.3. The number of ether oxygens (including phenoxy) is 2. The zero-order chi connectivity index (χ0) is 23.5. The van der Waals surface area contributed by atoms with Gasteiger partial charge in [0.2, 0.25) is 5.88 Å². The van der Waals surface area contributed by atoms with Crippen molar-refractivity contribution in [3.05, 3.63) is 100 Å². The molecule has 0 aliphatic rings. The number of amides is 1. The summed E-state index contributed by atoms with van der Waals surface area (Å²) in [4.78, 5) is 16.6. The number of primary amides is 1. The van der Waals surface area contributed by atoms with Gasteiger partial charge in [-0.05, 0) is 71.5 Å². The zero-order valence-corrected chi connectivity index (χ0v) is 18.2. The van der Waals surface area contributed by atoms with Gasteiger partial charge in [0.15, 0.2) is 0 Å². The molecule has 0 fully saturated rings. The SMILES string of the molecule is COc1nc2cc(Cc3cccc(F)c3)c(Cc3cccc(F)c3)cc2c(OC)c1C(N)=O. The van der Waals surface area contributed by atoms with Crippen LogP contribution in [0.4, 0.5) is 8.78 Å². The molecule has 168 valence electrons. The van der Waals surface area contributed by atoms with Crippen LogP contribution in [0.25, 0.3) is 10.9 Å². The summed E-state index contributed by atoms with van der Waals surface area (Å²) < 4.78 is 38.4. The second kappa shape index (κ2) is 9.24. The molecule has 4 aromatic rings. The summed E-state index contributed by atoms with van der Waals surface area (Å²) in [5.41, 5.74) is 9.42. The summed E-state index contributed by atoms with van der Waals surface area (Å²) in [6.45, 7) is 0. The maximum Gasteiger partial charge on any atom is 0.258 e. The Morgan fingerprint density at radius 1 is 0.879 bits per heavy atom. The van der Waals surface area contributed by atoms with E-state index in [9.17, 15) is 13.6 Å². The van der Waals surface area contributed by atoms with E-state index < -0.39 is 5.91 Å². The highest BCUT2D eigenvalue weighted by Gasteiger charge is 2.22. The van der Waals surface area contributed by atoms with Crippen molar-refractivity contribution in [2.45, 2.75) is 12.8 Å². The van der Waals surface area contributed by atoms with Gasteiger partial charge in [-0.2, -0.15) is 0 Å². The number of pyridine rings is 1.